The smallest absolute Gasteiger partial charge is 0.264 e. The number of rotatable bonds is 1. The Balaban J connectivity index is 2.17. The number of benzene rings is 1. The molecular formula is C11H8N4O2. The second-order valence-electron chi connectivity index (χ2n) is 3.55. The molecule has 6 nitrogen and oxygen atoms in total. The van der Waals surface area contributed by atoms with Crippen LogP contribution < -0.4 is 11.3 Å². The van der Waals surface area contributed by atoms with Crippen LogP contribution in [-0.2, 0) is 0 Å². The van der Waals surface area contributed by atoms with Crippen molar-refractivity contribution in [1.29, 1.82) is 0 Å². The molecule has 3 rings (SSSR count). The van der Waals surface area contributed by atoms with Crippen molar-refractivity contribution in [2.24, 2.45) is 0 Å². The van der Waals surface area contributed by atoms with Crippen molar-refractivity contribution in [3.63, 3.8) is 0 Å². The Morgan fingerprint density at radius 2 is 2.12 bits per heavy atom. The minimum Gasteiger partial charge on any atom is -0.435 e. The summed E-state index contributed by atoms with van der Waals surface area (Å²) < 4.78 is 5.50. The highest BCUT2D eigenvalue weighted by atomic mass is 16.3. The van der Waals surface area contributed by atoms with Gasteiger partial charge in [-0.2, -0.15) is 5.10 Å². The van der Waals surface area contributed by atoms with E-state index in [0.29, 0.717) is 28.4 Å². The summed E-state index contributed by atoms with van der Waals surface area (Å²) in [6.07, 6.45) is 0. The molecule has 0 saturated heterocycles. The zero-order chi connectivity index (χ0) is 11.8. The minimum absolute atomic E-state index is 0.269. The maximum Gasteiger partial charge on any atom is 0.264 e. The predicted octanol–water partition coefficient (Wildman–Crippen LogP) is 1.16. The average molecular weight is 228 g/mol. The Morgan fingerprint density at radius 1 is 1.24 bits per heavy atom. The number of aromatic amines is 1. The molecule has 2 heterocycles. The van der Waals surface area contributed by atoms with Crippen LogP contribution in [0.15, 0.2) is 39.5 Å². The molecule has 17 heavy (non-hydrogen) atoms. The van der Waals surface area contributed by atoms with Crippen LogP contribution in [0.25, 0.3) is 22.7 Å². The number of anilines is 1. The van der Waals surface area contributed by atoms with Gasteiger partial charge in [0, 0.05) is 17.8 Å². The highest BCUT2D eigenvalue weighted by Crippen LogP contribution is 2.23. The monoisotopic (exact) mass is 228 g/mol. The van der Waals surface area contributed by atoms with Crippen LogP contribution in [0.5, 0.6) is 0 Å². The van der Waals surface area contributed by atoms with Crippen molar-refractivity contribution in [2.45, 2.75) is 0 Å². The molecule has 0 aliphatic rings. The van der Waals surface area contributed by atoms with Gasteiger partial charge in [0.1, 0.15) is 11.2 Å². The van der Waals surface area contributed by atoms with Crippen molar-refractivity contribution < 1.29 is 4.42 Å². The summed E-state index contributed by atoms with van der Waals surface area (Å²) in [5, 5.41) is 6.17. The first-order valence-corrected chi connectivity index (χ1v) is 4.94. The number of nitrogen functional groups attached to an aromatic ring is 1. The Morgan fingerprint density at radius 3 is 2.88 bits per heavy atom. The fourth-order valence-corrected chi connectivity index (χ4v) is 1.51. The standard InChI is InChI=1S/C11H8N4O2/c12-6-1-2-7-9(5-6)17-11(13-7)8-3-4-10(16)15-14-8/h1-5H,12H2,(H,15,16). The number of hydrogen-bond donors (Lipinski definition) is 2. The minimum atomic E-state index is -0.269. The van der Waals surface area contributed by atoms with Crippen molar-refractivity contribution >= 4 is 16.8 Å². The molecule has 84 valence electrons. The van der Waals surface area contributed by atoms with Crippen molar-refractivity contribution in [1.82, 2.24) is 15.2 Å². The van der Waals surface area contributed by atoms with E-state index in [0.717, 1.165) is 0 Å². The van der Waals surface area contributed by atoms with E-state index in [2.05, 4.69) is 15.2 Å². The number of hydrogen-bond acceptors (Lipinski definition) is 5. The van der Waals surface area contributed by atoms with Crippen molar-refractivity contribution in [2.75, 3.05) is 5.73 Å². The van der Waals surface area contributed by atoms with E-state index < -0.39 is 0 Å². The molecule has 0 unspecified atom stereocenters. The van der Waals surface area contributed by atoms with Crippen LogP contribution in [0.3, 0.4) is 0 Å². The molecule has 6 heteroatoms. The second-order valence-corrected chi connectivity index (χ2v) is 3.55. The Bertz CT molecular complexity index is 724. The molecule has 3 N–H and O–H groups in total. The maximum absolute atomic E-state index is 10.9. The first-order chi connectivity index (χ1) is 8.22. The Hall–Kier alpha value is -2.63. The summed E-state index contributed by atoms with van der Waals surface area (Å²) in [6.45, 7) is 0. The van der Waals surface area contributed by atoms with Crippen LogP contribution in [0.1, 0.15) is 0 Å². The van der Waals surface area contributed by atoms with Gasteiger partial charge in [-0.25, -0.2) is 10.1 Å². The van der Waals surface area contributed by atoms with E-state index in [1.165, 1.54) is 6.07 Å². The van der Waals surface area contributed by atoms with E-state index in [-0.39, 0.29) is 5.56 Å². The highest BCUT2D eigenvalue weighted by molar-refractivity contribution is 5.78. The number of H-pyrrole nitrogens is 1. The van der Waals surface area contributed by atoms with Gasteiger partial charge in [-0.05, 0) is 18.2 Å². The molecule has 0 spiro atoms. The van der Waals surface area contributed by atoms with Gasteiger partial charge in [0.05, 0.1) is 0 Å². The normalized spacial score (nSPS) is 10.8. The van der Waals surface area contributed by atoms with E-state index in [1.54, 1.807) is 24.3 Å². The number of oxazole rings is 1. The topological polar surface area (TPSA) is 97.8 Å². The van der Waals surface area contributed by atoms with E-state index in [9.17, 15) is 4.79 Å². The zero-order valence-corrected chi connectivity index (χ0v) is 8.68. The lowest BCUT2D eigenvalue weighted by Gasteiger charge is -1.90. The number of nitrogens with two attached hydrogens (primary N) is 1. The second kappa shape index (κ2) is 3.44. The molecule has 0 amide bonds. The van der Waals surface area contributed by atoms with E-state index in [1.807, 2.05) is 0 Å². The third-order valence-electron chi connectivity index (χ3n) is 2.31. The molecule has 0 saturated carbocycles. The molecule has 0 aliphatic heterocycles. The molecule has 2 aromatic heterocycles. The van der Waals surface area contributed by atoms with Gasteiger partial charge in [0.2, 0.25) is 5.89 Å². The van der Waals surface area contributed by atoms with Gasteiger partial charge in [-0.3, -0.25) is 4.79 Å². The van der Waals surface area contributed by atoms with Gasteiger partial charge in [0.15, 0.2) is 5.58 Å². The average Bonchev–Trinajstić information content (AvgIpc) is 2.72. The molecule has 0 atom stereocenters. The van der Waals surface area contributed by atoms with Crippen LogP contribution in [-0.4, -0.2) is 15.2 Å². The van der Waals surface area contributed by atoms with E-state index >= 15 is 0 Å². The predicted molar refractivity (Wildman–Crippen MR) is 62.3 cm³/mol. The summed E-state index contributed by atoms with van der Waals surface area (Å²) in [4.78, 5) is 15.1. The molecule has 3 aromatic rings. The number of nitrogens with zero attached hydrogens (tertiary/aromatic N) is 2. The number of fused-ring (bicyclic) bond motifs is 1. The lowest BCUT2D eigenvalue weighted by atomic mass is 10.3. The maximum atomic E-state index is 10.9. The van der Waals surface area contributed by atoms with Gasteiger partial charge >= 0.3 is 0 Å². The largest absolute Gasteiger partial charge is 0.435 e. The number of aromatic nitrogens is 3. The van der Waals surface area contributed by atoms with Gasteiger partial charge in [0.25, 0.3) is 5.56 Å². The van der Waals surface area contributed by atoms with Crippen molar-refractivity contribution in [3.8, 4) is 11.6 Å². The van der Waals surface area contributed by atoms with Crippen molar-refractivity contribution in [3.05, 3.63) is 40.7 Å². The molecular weight excluding hydrogens is 220 g/mol. The summed E-state index contributed by atoms with van der Waals surface area (Å²) in [5.41, 5.74) is 7.74. The third-order valence-corrected chi connectivity index (χ3v) is 2.31. The summed E-state index contributed by atoms with van der Waals surface area (Å²) >= 11 is 0. The third kappa shape index (κ3) is 1.65. The van der Waals surface area contributed by atoms with Gasteiger partial charge < -0.3 is 10.2 Å². The van der Waals surface area contributed by atoms with E-state index in [4.69, 9.17) is 10.2 Å². The van der Waals surface area contributed by atoms with Gasteiger partial charge in [-0.1, -0.05) is 0 Å². The summed E-state index contributed by atoms with van der Waals surface area (Å²) in [5.74, 6) is 0.349. The zero-order valence-electron chi connectivity index (χ0n) is 8.68. The van der Waals surface area contributed by atoms with Crippen LogP contribution >= 0.6 is 0 Å². The molecule has 0 bridgehead atoms. The fraction of sp³-hybridized carbons (Fsp3) is 0. The highest BCUT2D eigenvalue weighted by Gasteiger charge is 2.09. The SMILES string of the molecule is Nc1ccc2nc(-c3ccc(=O)[nH]n3)oc2c1. The lowest BCUT2D eigenvalue weighted by Crippen LogP contribution is -2.05. The molecule has 0 aliphatic carbocycles. The van der Waals surface area contributed by atoms with Gasteiger partial charge in [-0.15, -0.1) is 0 Å². The Labute approximate surface area is 95.1 Å². The first kappa shape index (κ1) is 9.59. The Kier molecular flexibility index (Phi) is 1.94. The first-order valence-electron chi connectivity index (χ1n) is 4.94. The van der Waals surface area contributed by atoms with Crippen LogP contribution in [0, 0.1) is 0 Å². The summed E-state index contributed by atoms with van der Waals surface area (Å²) in [7, 11) is 0. The van der Waals surface area contributed by atoms with Crippen LogP contribution in [0.4, 0.5) is 5.69 Å². The molecule has 0 radical (unpaired) electrons. The van der Waals surface area contributed by atoms with Crippen LogP contribution in [0.2, 0.25) is 0 Å². The fourth-order valence-electron chi connectivity index (χ4n) is 1.51. The quantitative estimate of drug-likeness (QED) is 0.609. The molecule has 0 fully saturated rings. The lowest BCUT2D eigenvalue weighted by molar-refractivity contribution is 0.615. The molecule has 1 aromatic carbocycles. The number of nitrogens with one attached hydrogen (secondary N) is 1. The summed E-state index contributed by atoms with van der Waals surface area (Å²) in [6, 6.07) is 8.12.